The molecule has 0 saturated carbocycles. The number of nitrogens with zero attached hydrogens (tertiary/aromatic N) is 2. The number of carbonyl (C=O) groups excluding carboxylic acids is 1. The van der Waals surface area contributed by atoms with Crippen molar-refractivity contribution < 1.29 is 27.1 Å². The van der Waals surface area contributed by atoms with Crippen LogP contribution < -0.4 is 14.9 Å². The molecule has 0 amide bonds. The van der Waals surface area contributed by atoms with Crippen LogP contribution in [-0.4, -0.2) is 17.1 Å². The zero-order chi connectivity index (χ0) is 27.9. The lowest BCUT2D eigenvalue weighted by Crippen LogP contribution is -2.39. The Morgan fingerprint density at radius 1 is 1.18 bits per heavy atom. The van der Waals surface area contributed by atoms with Gasteiger partial charge in [-0.1, -0.05) is 51.5 Å². The van der Waals surface area contributed by atoms with E-state index in [1.165, 1.54) is 22.8 Å². The first-order valence-electron chi connectivity index (χ1n) is 11.8. The summed E-state index contributed by atoms with van der Waals surface area (Å²) in [6.45, 7) is 3.57. The lowest BCUT2D eigenvalue weighted by atomic mass is 9.96. The Labute approximate surface area is 232 Å². The Morgan fingerprint density at radius 2 is 1.92 bits per heavy atom. The molecule has 0 aliphatic carbocycles. The molecule has 5 rings (SSSR count). The van der Waals surface area contributed by atoms with Gasteiger partial charge >= 0.3 is 12.1 Å². The third-order valence-electron chi connectivity index (χ3n) is 6.08. The number of esters is 1. The molecule has 0 radical (unpaired) electrons. The molecule has 11 heteroatoms. The molecule has 6 nitrogen and oxygen atoms in total. The van der Waals surface area contributed by atoms with Crippen molar-refractivity contribution in [2.45, 2.75) is 26.1 Å². The Bertz CT molecular complexity index is 1780. The highest BCUT2D eigenvalue weighted by molar-refractivity contribution is 9.10. The molecular formula is C28H20BrF3N2O4S. The van der Waals surface area contributed by atoms with E-state index in [0.717, 1.165) is 27.9 Å². The topological polar surface area (TPSA) is 73.8 Å². The Morgan fingerprint density at radius 3 is 2.62 bits per heavy atom. The van der Waals surface area contributed by atoms with Crippen LogP contribution in [0.1, 0.15) is 36.8 Å². The number of furan rings is 1. The Kier molecular flexibility index (Phi) is 7.21. The van der Waals surface area contributed by atoms with Gasteiger partial charge in [-0.3, -0.25) is 9.36 Å². The molecule has 39 heavy (non-hydrogen) atoms. The Balaban J connectivity index is 1.60. The maximum Gasteiger partial charge on any atom is 0.416 e. The number of hydrogen-bond donors (Lipinski definition) is 0. The van der Waals surface area contributed by atoms with Crippen molar-refractivity contribution in [1.29, 1.82) is 0 Å². The summed E-state index contributed by atoms with van der Waals surface area (Å²) in [5, 5.41) is 0. The fraction of sp³-hybridized carbons (Fsp3) is 0.179. The lowest BCUT2D eigenvalue weighted by Gasteiger charge is -2.24. The molecule has 2 aromatic carbocycles. The monoisotopic (exact) mass is 616 g/mol. The molecule has 0 fully saturated rings. The Hall–Kier alpha value is -3.70. The minimum atomic E-state index is -4.48. The summed E-state index contributed by atoms with van der Waals surface area (Å²) in [5.41, 5.74) is 0.496. The second kappa shape index (κ2) is 10.5. The molecule has 2 aromatic heterocycles. The van der Waals surface area contributed by atoms with Gasteiger partial charge in [-0.05, 0) is 55.8 Å². The van der Waals surface area contributed by atoms with E-state index in [4.69, 9.17) is 9.15 Å². The fourth-order valence-corrected chi connectivity index (χ4v) is 5.61. The first kappa shape index (κ1) is 26.9. The van der Waals surface area contributed by atoms with E-state index in [0.29, 0.717) is 20.6 Å². The quantitative estimate of drug-likeness (QED) is 0.264. The van der Waals surface area contributed by atoms with Gasteiger partial charge in [0.25, 0.3) is 5.56 Å². The van der Waals surface area contributed by atoms with E-state index < -0.39 is 29.3 Å². The molecule has 1 aliphatic rings. The molecule has 200 valence electrons. The highest BCUT2D eigenvalue weighted by atomic mass is 79.9. The summed E-state index contributed by atoms with van der Waals surface area (Å²) in [5.74, 6) is -0.0415. The standard InChI is InChI=1S/C28H20BrF3N2O4S/c1-3-37-26(36)23-15(2)33-27-34(24(23)16-7-9-19(29)10-8-16)25(35)22(39-27)14-20-11-12-21(38-20)17-5-4-6-18(13-17)28(30,31)32/h4-14,24H,3H2,1-2H3/b22-14+/t24-/m1/s1. The third kappa shape index (κ3) is 5.28. The van der Waals surface area contributed by atoms with Gasteiger partial charge < -0.3 is 9.15 Å². The van der Waals surface area contributed by atoms with Gasteiger partial charge in [0, 0.05) is 16.1 Å². The number of carbonyl (C=O) groups is 1. The summed E-state index contributed by atoms with van der Waals surface area (Å²) < 4.78 is 53.1. The van der Waals surface area contributed by atoms with Gasteiger partial charge in [-0.2, -0.15) is 13.2 Å². The van der Waals surface area contributed by atoms with E-state index in [-0.39, 0.29) is 29.3 Å². The minimum absolute atomic E-state index is 0.166. The molecule has 0 spiro atoms. The molecule has 0 saturated heterocycles. The van der Waals surface area contributed by atoms with Crippen LogP contribution in [0.4, 0.5) is 13.2 Å². The lowest BCUT2D eigenvalue weighted by molar-refractivity contribution is -0.139. The number of aromatic nitrogens is 1. The van der Waals surface area contributed by atoms with E-state index >= 15 is 0 Å². The van der Waals surface area contributed by atoms with Crippen molar-refractivity contribution in [3.8, 4) is 11.3 Å². The van der Waals surface area contributed by atoms with E-state index in [1.54, 1.807) is 26.0 Å². The molecule has 0 N–H and O–H groups in total. The van der Waals surface area contributed by atoms with Gasteiger partial charge in [-0.25, -0.2) is 9.79 Å². The average molecular weight is 617 g/mol. The zero-order valence-corrected chi connectivity index (χ0v) is 23.0. The second-order valence-electron chi connectivity index (χ2n) is 8.63. The predicted octanol–water partition coefficient (Wildman–Crippen LogP) is 5.84. The highest BCUT2D eigenvalue weighted by Gasteiger charge is 2.33. The molecule has 0 unspecified atom stereocenters. The number of halogens is 4. The van der Waals surface area contributed by atoms with Crippen LogP contribution in [0.2, 0.25) is 0 Å². The number of ether oxygens (including phenoxy) is 1. The van der Waals surface area contributed by atoms with Crippen LogP contribution in [0.25, 0.3) is 17.4 Å². The van der Waals surface area contributed by atoms with Crippen molar-refractivity contribution in [3.05, 3.63) is 113 Å². The first-order valence-corrected chi connectivity index (χ1v) is 13.4. The fourth-order valence-electron chi connectivity index (χ4n) is 4.32. The van der Waals surface area contributed by atoms with Crippen LogP contribution in [0.3, 0.4) is 0 Å². The van der Waals surface area contributed by atoms with Crippen molar-refractivity contribution >= 4 is 39.3 Å². The molecule has 0 bridgehead atoms. The minimum Gasteiger partial charge on any atom is -0.463 e. The van der Waals surface area contributed by atoms with Crippen molar-refractivity contribution in [3.63, 3.8) is 0 Å². The largest absolute Gasteiger partial charge is 0.463 e. The maximum absolute atomic E-state index is 13.7. The van der Waals surface area contributed by atoms with Crippen molar-refractivity contribution in [1.82, 2.24) is 4.57 Å². The van der Waals surface area contributed by atoms with Gasteiger partial charge in [0.1, 0.15) is 11.5 Å². The van der Waals surface area contributed by atoms with Crippen molar-refractivity contribution in [2.75, 3.05) is 6.61 Å². The predicted molar refractivity (Wildman–Crippen MR) is 144 cm³/mol. The molecule has 1 aliphatic heterocycles. The normalized spacial score (nSPS) is 15.7. The number of benzene rings is 2. The molecular weight excluding hydrogens is 597 g/mol. The summed E-state index contributed by atoms with van der Waals surface area (Å²) >= 11 is 4.53. The van der Waals surface area contributed by atoms with E-state index in [2.05, 4.69) is 20.9 Å². The summed E-state index contributed by atoms with van der Waals surface area (Å²) in [6.07, 6.45) is -2.96. The summed E-state index contributed by atoms with van der Waals surface area (Å²) in [7, 11) is 0. The van der Waals surface area contributed by atoms with Crippen LogP contribution >= 0.6 is 27.3 Å². The van der Waals surface area contributed by atoms with Gasteiger partial charge in [0.2, 0.25) is 0 Å². The van der Waals surface area contributed by atoms with Gasteiger partial charge in [0.15, 0.2) is 4.80 Å². The SMILES string of the molecule is CCOC(=O)C1=C(C)N=c2s/c(=C/c3ccc(-c4cccc(C(F)(F)F)c4)o3)c(=O)n2[C@@H]1c1ccc(Br)cc1. The van der Waals surface area contributed by atoms with E-state index in [1.807, 2.05) is 24.3 Å². The van der Waals surface area contributed by atoms with Gasteiger partial charge in [0.05, 0.1) is 34.0 Å². The number of hydrogen-bond acceptors (Lipinski definition) is 6. The third-order valence-corrected chi connectivity index (χ3v) is 7.59. The van der Waals surface area contributed by atoms with E-state index in [9.17, 15) is 22.8 Å². The number of thiazole rings is 1. The summed E-state index contributed by atoms with van der Waals surface area (Å²) in [6, 6.07) is 14.5. The average Bonchev–Trinajstić information content (AvgIpc) is 3.48. The number of rotatable bonds is 5. The molecule has 4 aromatic rings. The molecule has 3 heterocycles. The van der Waals surface area contributed by atoms with Gasteiger partial charge in [-0.15, -0.1) is 0 Å². The number of fused-ring (bicyclic) bond motifs is 1. The highest BCUT2D eigenvalue weighted by Crippen LogP contribution is 2.33. The number of alkyl halides is 3. The number of allylic oxidation sites excluding steroid dienone is 1. The van der Waals surface area contributed by atoms with Crippen molar-refractivity contribution in [2.24, 2.45) is 4.99 Å². The zero-order valence-electron chi connectivity index (χ0n) is 20.6. The first-order chi connectivity index (χ1) is 18.6. The summed E-state index contributed by atoms with van der Waals surface area (Å²) in [4.78, 5) is 31.5. The van der Waals surface area contributed by atoms with Crippen LogP contribution in [0, 0.1) is 0 Å². The van der Waals surface area contributed by atoms with Crippen LogP contribution in [0.15, 0.2) is 90.6 Å². The van der Waals surface area contributed by atoms with Crippen LogP contribution in [0.5, 0.6) is 0 Å². The second-order valence-corrected chi connectivity index (χ2v) is 10.6. The molecule has 1 atom stereocenters. The van der Waals surface area contributed by atoms with Crippen LogP contribution in [-0.2, 0) is 15.7 Å². The smallest absolute Gasteiger partial charge is 0.416 e. The maximum atomic E-state index is 13.7.